The predicted octanol–water partition coefficient (Wildman–Crippen LogP) is 5.06. The second-order valence-electron chi connectivity index (χ2n) is 11.8. The van der Waals surface area contributed by atoms with E-state index in [2.05, 4.69) is 30.0 Å². The van der Waals surface area contributed by atoms with Gasteiger partial charge in [0.1, 0.15) is 0 Å². The van der Waals surface area contributed by atoms with Crippen LogP contribution in [0.2, 0.25) is 10.0 Å². The van der Waals surface area contributed by atoms with Gasteiger partial charge in [0.25, 0.3) is 0 Å². The second-order valence-corrected chi connectivity index (χ2v) is 12.7. The van der Waals surface area contributed by atoms with E-state index in [0.29, 0.717) is 45.7 Å². The van der Waals surface area contributed by atoms with Crippen LogP contribution in [0, 0.1) is 5.92 Å². The highest BCUT2D eigenvalue weighted by Gasteiger charge is 2.21. The third kappa shape index (κ3) is 9.99. The maximum atomic E-state index is 11.4. The van der Waals surface area contributed by atoms with Gasteiger partial charge in [0.15, 0.2) is 5.75 Å². The van der Waals surface area contributed by atoms with Crippen LogP contribution in [-0.4, -0.2) is 96.1 Å². The molecule has 2 aliphatic rings. The summed E-state index contributed by atoms with van der Waals surface area (Å²) in [6.07, 6.45) is 6.63. The Morgan fingerprint density at radius 1 is 0.935 bits per heavy atom. The van der Waals surface area contributed by atoms with Crippen LogP contribution in [0.3, 0.4) is 0 Å². The molecule has 0 bridgehead atoms. The van der Waals surface area contributed by atoms with E-state index in [-0.39, 0.29) is 11.9 Å². The van der Waals surface area contributed by atoms with Crippen molar-refractivity contribution in [1.29, 1.82) is 0 Å². The van der Waals surface area contributed by atoms with Gasteiger partial charge in [-0.15, -0.1) is 0 Å². The molecular weight excluding hydrogens is 629 g/mol. The molecule has 3 aromatic rings. The van der Waals surface area contributed by atoms with Crippen LogP contribution in [0.15, 0.2) is 42.7 Å². The number of hydrogen-bond acceptors (Lipinski definition) is 10. The summed E-state index contributed by atoms with van der Waals surface area (Å²) in [6, 6.07) is 9.38. The fourth-order valence-electron chi connectivity index (χ4n) is 5.81. The lowest BCUT2D eigenvalue weighted by molar-refractivity contribution is -0.140. The summed E-state index contributed by atoms with van der Waals surface area (Å²) in [6.45, 7) is 9.13. The number of anilines is 1. The van der Waals surface area contributed by atoms with Crippen molar-refractivity contribution >= 4 is 41.0 Å². The SMILES string of the molecule is COC(=O)CCCN1CCN(c2ncc(Oc3cc(CN4CCC(CNC(C)=O)CC4)cc(-c4cc(Cl)cc(Cl)c4)n3)cn2)CC1. The van der Waals surface area contributed by atoms with Gasteiger partial charge in [-0.05, 0) is 74.6 Å². The highest BCUT2D eigenvalue weighted by molar-refractivity contribution is 6.35. The minimum atomic E-state index is -0.169. The first-order chi connectivity index (χ1) is 22.2. The summed E-state index contributed by atoms with van der Waals surface area (Å²) in [4.78, 5) is 43.6. The average Bonchev–Trinajstić information content (AvgIpc) is 3.04. The first-order valence-electron chi connectivity index (χ1n) is 15.7. The summed E-state index contributed by atoms with van der Waals surface area (Å²) in [5.74, 6) is 1.91. The Balaban J connectivity index is 1.23. The molecule has 5 rings (SSSR count). The molecular formula is C33H41Cl2N7O4. The van der Waals surface area contributed by atoms with E-state index in [1.54, 1.807) is 25.4 Å². The van der Waals surface area contributed by atoms with Crippen molar-refractivity contribution in [3.05, 3.63) is 58.3 Å². The third-order valence-corrected chi connectivity index (χ3v) is 8.78. The van der Waals surface area contributed by atoms with Crippen LogP contribution in [0.5, 0.6) is 11.6 Å². The van der Waals surface area contributed by atoms with E-state index in [1.165, 1.54) is 7.11 Å². The first kappa shape index (κ1) is 33.8. The van der Waals surface area contributed by atoms with Crippen molar-refractivity contribution in [2.24, 2.45) is 5.92 Å². The zero-order valence-electron chi connectivity index (χ0n) is 26.4. The van der Waals surface area contributed by atoms with E-state index in [0.717, 1.165) is 89.3 Å². The molecule has 1 N–H and O–H groups in total. The Kier molecular flexibility index (Phi) is 12.0. The quantitative estimate of drug-likeness (QED) is 0.263. The molecule has 0 aliphatic carbocycles. The molecule has 0 unspecified atom stereocenters. The van der Waals surface area contributed by atoms with E-state index < -0.39 is 0 Å². The zero-order chi connectivity index (χ0) is 32.5. The van der Waals surface area contributed by atoms with Crippen LogP contribution >= 0.6 is 23.2 Å². The van der Waals surface area contributed by atoms with Gasteiger partial charge < -0.3 is 19.7 Å². The van der Waals surface area contributed by atoms with Crippen molar-refractivity contribution in [1.82, 2.24) is 30.1 Å². The number of halogens is 2. The van der Waals surface area contributed by atoms with E-state index >= 15 is 0 Å². The molecule has 11 nitrogen and oxygen atoms in total. The number of aromatic nitrogens is 3. The number of nitrogens with zero attached hydrogens (tertiary/aromatic N) is 6. The summed E-state index contributed by atoms with van der Waals surface area (Å²) in [5, 5.41) is 4.01. The summed E-state index contributed by atoms with van der Waals surface area (Å²) < 4.78 is 10.9. The number of esters is 1. The fourth-order valence-corrected chi connectivity index (χ4v) is 6.34. The lowest BCUT2D eigenvalue weighted by Crippen LogP contribution is -2.47. The summed E-state index contributed by atoms with van der Waals surface area (Å²) >= 11 is 12.7. The van der Waals surface area contributed by atoms with E-state index in [4.69, 9.17) is 37.7 Å². The molecule has 246 valence electrons. The van der Waals surface area contributed by atoms with E-state index in [1.807, 2.05) is 24.3 Å². The second kappa shape index (κ2) is 16.4. The molecule has 46 heavy (non-hydrogen) atoms. The van der Waals surface area contributed by atoms with Gasteiger partial charge >= 0.3 is 5.97 Å². The average molecular weight is 671 g/mol. The number of benzene rings is 1. The lowest BCUT2D eigenvalue weighted by Gasteiger charge is -2.34. The standard InChI is InChI=1S/C33H41Cl2N7O4/c1-23(43)36-19-24-5-8-41(9-6-24)22-25-14-30(26-16-27(34)18-28(35)17-26)39-31(15-25)46-29-20-37-33(38-21-29)42-12-10-40(11-13-42)7-3-4-32(44)45-2/h14-18,20-21,24H,3-13,19,22H2,1-2H3,(H,36,43). The van der Waals surface area contributed by atoms with Gasteiger partial charge in [-0.1, -0.05) is 23.2 Å². The number of hydrogen-bond donors (Lipinski definition) is 1. The molecule has 0 atom stereocenters. The maximum Gasteiger partial charge on any atom is 0.305 e. The maximum absolute atomic E-state index is 11.4. The molecule has 0 spiro atoms. The number of rotatable bonds is 12. The monoisotopic (exact) mass is 669 g/mol. The van der Waals surface area contributed by atoms with Crippen LogP contribution in [-0.2, 0) is 20.9 Å². The third-order valence-electron chi connectivity index (χ3n) is 8.35. The molecule has 2 aliphatic heterocycles. The fraction of sp³-hybridized carbons (Fsp3) is 0.485. The van der Waals surface area contributed by atoms with Crippen molar-refractivity contribution in [3.8, 4) is 22.9 Å². The molecule has 4 heterocycles. The largest absolute Gasteiger partial charge is 0.469 e. The number of methoxy groups -OCH3 is 1. The topological polar surface area (TPSA) is 113 Å². The summed E-state index contributed by atoms with van der Waals surface area (Å²) in [5.41, 5.74) is 2.56. The van der Waals surface area contributed by atoms with Gasteiger partial charge in [0, 0.05) is 74.3 Å². The zero-order valence-corrected chi connectivity index (χ0v) is 27.9. The van der Waals surface area contributed by atoms with Gasteiger partial charge in [-0.3, -0.25) is 19.4 Å². The smallest absolute Gasteiger partial charge is 0.305 e. The van der Waals surface area contributed by atoms with Gasteiger partial charge in [0.05, 0.1) is 25.2 Å². The normalized spacial score (nSPS) is 16.3. The van der Waals surface area contributed by atoms with Gasteiger partial charge in [-0.2, -0.15) is 0 Å². The number of amides is 1. The number of nitrogens with one attached hydrogen (secondary N) is 1. The Bertz CT molecular complexity index is 1460. The van der Waals surface area contributed by atoms with Gasteiger partial charge in [0.2, 0.25) is 17.7 Å². The van der Waals surface area contributed by atoms with Crippen LogP contribution in [0.4, 0.5) is 5.95 Å². The summed E-state index contributed by atoms with van der Waals surface area (Å²) in [7, 11) is 1.42. The number of pyridine rings is 1. The minimum absolute atomic E-state index is 0.0174. The van der Waals surface area contributed by atoms with Crippen LogP contribution in [0.25, 0.3) is 11.3 Å². The minimum Gasteiger partial charge on any atom is -0.469 e. The molecule has 2 fully saturated rings. The highest BCUT2D eigenvalue weighted by atomic mass is 35.5. The molecule has 13 heteroatoms. The van der Waals surface area contributed by atoms with Crippen LogP contribution < -0.4 is 15.0 Å². The van der Waals surface area contributed by atoms with Crippen molar-refractivity contribution in [2.75, 3.05) is 64.4 Å². The molecule has 2 aromatic heterocycles. The molecule has 1 aromatic carbocycles. The Morgan fingerprint density at radius 3 is 2.28 bits per heavy atom. The Labute approximate surface area is 280 Å². The Hall–Kier alpha value is -3.51. The number of piperidine rings is 1. The lowest BCUT2D eigenvalue weighted by atomic mass is 9.96. The van der Waals surface area contributed by atoms with Crippen molar-refractivity contribution in [2.45, 2.75) is 39.2 Å². The predicted molar refractivity (Wildman–Crippen MR) is 178 cm³/mol. The molecule has 1 amide bonds. The number of carbonyl (C=O) groups excluding carboxylic acids is 2. The number of likely N-dealkylation sites (tertiary alicyclic amines) is 1. The van der Waals surface area contributed by atoms with Crippen molar-refractivity contribution in [3.63, 3.8) is 0 Å². The van der Waals surface area contributed by atoms with E-state index in [9.17, 15) is 9.59 Å². The van der Waals surface area contributed by atoms with Crippen LogP contribution in [0.1, 0.15) is 38.2 Å². The number of ether oxygens (including phenoxy) is 2. The number of carbonyl (C=O) groups is 2. The van der Waals surface area contributed by atoms with Crippen molar-refractivity contribution < 1.29 is 19.1 Å². The Morgan fingerprint density at radius 2 is 1.63 bits per heavy atom. The first-order valence-corrected chi connectivity index (χ1v) is 16.5. The number of piperazine rings is 1. The molecule has 0 radical (unpaired) electrons. The highest BCUT2D eigenvalue weighted by Crippen LogP contribution is 2.31. The van der Waals surface area contributed by atoms with Gasteiger partial charge in [-0.25, -0.2) is 15.0 Å². The molecule has 2 saturated heterocycles. The molecule has 0 saturated carbocycles.